The first kappa shape index (κ1) is 16.2. The van der Waals surface area contributed by atoms with Crippen molar-refractivity contribution in [3.05, 3.63) is 34.9 Å². The van der Waals surface area contributed by atoms with Crippen LogP contribution in [0.2, 0.25) is 0 Å². The van der Waals surface area contributed by atoms with Crippen molar-refractivity contribution >= 4 is 9.84 Å². The van der Waals surface area contributed by atoms with Crippen LogP contribution in [0.25, 0.3) is 0 Å². The van der Waals surface area contributed by atoms with E-state index >= 15 is 0 Å². The lowest BCUT2D eigenvalue weighted by Crippen LogP contribution is -2.30. The largest absolute Gasteiger partial charge is 0.308 e. The second-order valence-corrected chi connectivity index (χ2v) is 7.81. The van der Waals surface area contributed by atoms with Gasteiger partial charge in [0, 0.05) is 18.3 Å². The second kappa shape index (κ2) is 6.53. The highest BCUT2D eigenvalue weighted by Crippen LogP contribution is 2.17. The molecular formula is C15H25NO2S. The Kier molecular flexibility index (Phi) is 5.56. The Bertz CT molecular complexity index is 523. The van der Waals surface area contributed by atoms with Gasteiger partial charge in [-0.1, -0.05) is 18.2 Å². The molecule has 0 saturated carbocycles. The highest BCUT2D eigenvalue weighted by atomic mass is 32.2. The summed E-state index contributed by atoms with van der Waals surface area (Å²) in [6, 6.07) is 6.86. The zero-order valence-corrected chi connectivity index (χ0v) is 13.3. The van der Waals surface area contributed by atoms with E-state index in [4.69, 9.17) is 0 Å². The van der Waals surface area contributed by atoms with Gasteiger partial charge < -0.3 is 5.32 Å². The highest BCUT2D eigenvalue weighted by Gasteiger charge is 2.12. The summed E-state index contributed by atoms with van der Waals surface area (Å²) in [4.78, 5) is 0. The Morgan fingerprint density at radius 1 is 1.16 bits per heavy atom. The molecular weight excluding hydrogens is 258 g/mol. The number of rotatable bonds is 6. The molecule has 0 fully saturated rings. The molecule has 0 aliphatic rings. The Hall–Kier alpha value is -0.870. The average Bonchev–Trinajstić information content (AvgIpc) is 2.29. The Morgan fingerprint density at radius 3 is 2.32 bits per heavy atom. The molecule has 0 amide bonds. The van der Waals surface area contributed by atoms with Gasteiger partial charge in [-0.05, 0) is 50.8 Å². The summed E-state index contributed by atoms with van der Waals surface area (Å²) in [6.07, 6.45) is 1.93. The quantitative estimate of drug-likeness (QED) is 0.873. The summed E-state index contributed by atoms with van der Waals surface area (Å²) in [6.45, 7) is 8.36. The minimum absolute atomic E-state index is 0.186. The third kappa shape index (κ3) is 5.74. The molecule has 1 aromatic rings. The molecule has 1 N–H and O–H groups in total. The van der Waals surface area contributed by atoms with Gasteiger partial charge in [-0.3, -0.25) is 0 Å². The van der Waals surface area contributed by atoms with Crippen molar-refractivity contribution in [3.8, 4) is 0 Å². The lowest BCUT2D eigenvalue weighted by Gasteiger charge is -2.21. The van der Waals surface area contributed by atoms with Crippen LogP contribution < -0.4 is 5.32 Å². The van der Waals surface area contributed by atoms with Crippen molar-refractivity contribution in [1.29, 1.82) is 0 Å². The first-order valence-corrected chi connectivity index (χ1v) is 8.76. The molecule has 1 rings (SSSR count). The lowest BCUT2D eigenvalue weighted by atomic mass is 10.0. The number of sulfone groups is 1. The van der Waals surface area contributed by atoms with Crippen molar-refractivity contribution in [2.24, 2.45) is 0 Å². The molecule has 0 radical (unpaired) electrons. The van der Waals surface area contributed by atoms with Crippen LogP contribution in [-0.2, 0) is 9.84 Å². The van der Waals surface area contributed by atoms with E-state index in [1.54, 1.807) is 0 Å². The predicted molar refractivity (Wildman–Crippen MR) is 81.3 cm³/mol. The molecule has 0 unspecified atom stereocenters. The minimum Gasteiger partial charge on any atom is -0.308 e. The summed E-state index contributed by atoms with van der Waals surface area (Å²) >= 11 is 0. The second-order valence-electron chi connectivity index (χ2n) is 5.55. The molecule has 0 saturated heterocycles. The van der Waals surface area contributed by atoms with E-state index in [9.17, 15) is 8.42 Å². The molecule has 19 heavy (non-hydrogen) atoms. The molecule has 0 aromatic heterocycles. The summed E-state index contributed by atoms with van der Waals surface area (Å²) in [5, 5.41) is 3.45. The molecule has 0 heterocycles. The normalized spacial score (nSPS) is 15.2. The van der Waals surface area contributed by atoms with Gasteiger partial charge in [0.25, 0.3) is 0 Å². The van der Waals surface area contributed by atoms with Crippen molar-refractivity contribution in [1.82, 2.24) is 5.32 Å². The topological polar surface area (TPSA) is 46.2 Å². The van der Waals surface area contributed by atoms with Crippen LogP contribution in [0.1, 0.15) is 43.0 Å². The number of hydrogen-bond acceptors (Lipinski definition) is 3. The van der Waals surface area contributed by atoms with Gasteiger partial charge in [0.2, 0.25) is 0 Å². The van der Waals surface area contributed by atoms with E-state index < -0.39 is 9.84 Å². The van der Waals surface area contributed by atoms with E-state index in [0.29, 0.717) is 6.42 Å². The molecule has 2 atom stereocenters. The molecule has 0 aliphatic heterocycles. The molecule has 0 bridgehead atoms. The van der Waals surface area contributed by atoms with Crippen molar-refractivity contribution in [3.63, 3.8) is 0 Å². The third-order valence-electron chi connectivity index (χ3n) is 3.49. The van der Waals surface area contributed by atoms with E-state index in [1.165, 1.54) is 22.9 Å². The van der Waals surface area contributed by atoms with E-state index in [1.807, 2.05) is 6.92 Å². The van der Waals surface area contributed by atoms with Crippen LogP contribution in [0, 0.1) is 13.8 Å². The van der Waals surface area contributed by atoms with Crippen LogP contribution in [0.4, 0.5) is 0 Å². The first-order chi connectivity index (χ1) is 8.69. The average molecular weight is 283 g/mol. The Labute approximate surface area is 117 Å². The Balaban J connectivity index is 2.58. The van der Waals surface area contributed by atoms with Crippen molar-refractivity contribution < 1.29 is 8.42 Å². The zero-order chi connectivity index (χ0) is 14.6. The standard InChI is InChI=1S/C15H25NO2S/c1-11-6-7-15(10-12(11)2)14(4)16-13(3)8-9-19(5,17)18/h6-7,10,13-14,16H,8-9H2,1-5H3/t13-,14+/m1/s1. The molecule has 0 spiro atoms. The third-order valence-corrected chi connectivity index (χ3v) is 4.46. The van der Waals surface area contributed by atoms with E-state index in [2.05, 4.69) is 44.3 Å². The molecule has 1 aromatic carbocycles. The fraction of sp³-hybridized carbons (Fsp3) is 0.600. The van der Waals surface area contributed by atoms with Gasteiger partial charge in [-0.2, -0.15) is 0 Å². The minimum atomic E-state index is -2.87. The summed E-state index contributed by atoms with van der Waals surface area (Å²) in [7, 11) is -2.87. The van der Waals surface area contributed by atoms with E-state index in [-0.39, 0.29) is 17.8 Å². The predicted octanol–water partition coefficient (Wildman–Crippen LogP) is 2.78. The number of nitrogens with one attached hydrogen (secondary N) is 1. The summed E-state index contributed by atoms with van der Waals surface area (Å²) < 4.78 is 22.3. The first-order valence-electron chi connectivity index (χ1n) is 6.70. The van der Waals surface area contributed by atoms with Crippen LogP contribution in [0.5, 0.6) is 0 Å². The maximum atomic E-state index is 11.1. The van der Waals surface area contributed by atoms with Crippen molar-refractivity contribution in [2.75, 3.05) is 12.0 Å². The van der Waals surface area contributed by atoms with Gasteiger partial charge in [0.1, 0.15) is 9.84 Å². The van der Waals surface area contributed by atoms with Gasteiger partial charge in [0.05, 0.1) is 5.75 Å². The van der Waals surface area contributed by atoms with Gasteiger partial charge in [-0.25, -0.2) is 8.42 Å². The zero-order valence-electron chi connectivity index (χ0n) is 12.5. The van der Waals surface area contributed by atoms with Crippen molar-refractivity contribution in [2.45, 2.75) is 46.2 Å². The number of hydrogen-bond donors (Lipinski definition) is 1. The lowest BCUT2D eigenvalue weighted by molar-refractivity contribution is 0.468. The van der Waals surface area contributed by atoms with Crippen LogP contribution >= 0.6 is 0 Å². The van der Waals surface area contributed by atoms with Gasteiger partial charge in [-0.15, -0.1) is 0 Å². The Morgan fingerprint density at radius 2 is 1.79 bits per heavy atom. The maximum absolute atomic E-state index is 11.1. The van der Waals surface area contributed by atoms with Crippen LogP contribution in [0.3, 0.4) is 0 Å². The number of benzene rings is 1. The molecule has 108 valence electrons. The summed E-state index contributed by atoms with van der Waals surface area (Å²) in [5.41, 5.74) is 3.82. The molecule has 0 aliphatic carbocycles. The van der Waals surface area contributed by atoms with E-state index in [0.717, 1.165) is 0 Å². The van der Waals surface area contributed by atoms with Gasteiger partial charge >= 0.3 is 0 Å². The van der Waals surface area contributed by atoms with Gasteiger partial charge in [0.15, 0.2) is 0 Å². The highest BCUT2D eigenvalue weighted by molar-refractivity contribution is 7.90. The SMILES string of the molecule is Cc1ccc([C@H](C)N[C@H](C)CCS(C)(=O)=O)cc1C. The van der Waals surface area contributed by atoms with Crippen LogP contribution in [0.15, 0.2) is 18.2 Å². The number of aryl methyl sites for hydroxylation is 2. The molecule has 3 nitrogen and oxygen atoms in total. The summed E-state index contributed by atoms with van der Waals surface area (Å²) in [5.74, 6) is 0.237. The fourth-order valence-electron chi connectivity index (χ4n) is 2.03. The monoisotopic (exact) mass is 283 g/mol. The fourth-order valence-corrected chi connectivity index (χ4v) is 2.81. The maximum Gasteiger partial charge on any atom is 0.147 e. The van der Waals surface area contributed by atoms with Crippen LogP contribution in [-0.4, -0.2) is 26.5 Å². The molecule has 4 heteroatoms. The smallest absolute Gasteiger partial charge is 0.147 e.